The van der Waals surface area contributed by atoms with Gasteiger partial charge in [0, 0.05) is 41.1 Å². The number of fused-ring (bicyclic) bond motifs is 2. The molecule has 2 aromatic carbocycles. The van der Waals surface area contributed by atoms with E-state index in [9.17, 15) is 9.59 Å². The zero-order valence-electron chi connectivity index (χ0n) is 28.8. The van der Waals surface area contributed by atoms with Gasteiger partial charge in [0.15, 0.2) is 5.82 Å². The topological polar surface area (TPSA) is 95.4 Å². The lowest BCUT2D eigenvalue weighted by Gasteiger charge is -2.48. The number of amides is 2. The van der Waals surface area contributed by atoms with E-state index in [0.717, 1.165) is 46.4 Å². The largest absolute Gasteiger partial charge is 0.350 e. The van der Waals surface area contributed by atoms with Crippen LogP contribution in [0.25, 0.3) is 22.3 Å². The molecular weight excluding hydrogens is 622 g/mol. The van der Waals surface area contributed by atoms with Crippen molar-refractivity contribution < 1.29 is 9.59 Å². The molecule has 0 bridgehead atoms. The highest BCUT2D eigenvalue weighted by atomic mass is 35.5. The third kappa shape index (κ3) is 5.75. The lowest BCUT2D eigenvalue weighted by Crippen LogP contribution is -2.57. The van der Waals surface area contributed by atoms with E-state index in [0.29, 0.717) is 28.1 Å². The first-order valence-electron chi connectivity index (χ1n) is 17.4. The highest BCUT2D eigenvalue weighted by molar-refractivity contribution is 6.34. The number of carbonyl (C=O) groups is 2. The molecule has 252 valence electrons. The molecular formula is C38H46ClN7O2. The molecule has 4 aromatic rings. The monoisotopic (exact) mass is 667 g/mol. The van der Waals surface area contributed by atoms with Crippen LogP contribution in [0.2, 0.25) is 5.02 Å². The Morgan fingerprint density at radius 1 is 0.979 bits per heavy atom. The summed E-state index contributed by atoms with van der Waals surface area (Å²) in [6.07, 6.45) is 7.77. The van der Waals surface area contributed by atoms with Crippen LogP contribution in [0.5, 0.6) is 0 Å². The number of halogens is 1. The van der Waals surface area contributed by atoms with Crippen LogP contribution in [0.1, 0.15) is 95.6 Å². The Hall–Kier alpha value is -3.95. The van der Waals surface area contributed by atoms with Crippen molar-refractivity contribution in [1.29, 1.82) is 0 Å². The zero-order chi connectivity index (χ0) is 33.9. The molecule has 9 nitrogen and oxygen atoms in total. The van der Waals surface area contributed by atoms with Gasteiger partial charge in [0.2, 0.25) is 5.91 Å². The number of hydrogen-bond acceptors (Lipinski definition) is 6. The van der Waals surface area contributed by atoms with Crippen LogP contribution in [-0.4, -0.2) is 62.5 Å². The third-order valence-corrected chi connectivity index (χ3v) is 10.7. The van der Waals surface area contributed by atoms with Crippen molar-refractivity contribution in [2.75, 3.05) is 23.3 Å². The number of carbonyl (C=O) groups excluding carboxylic acids is 2. The molecule has 0 radical (unpaired) electrons. The average Bonchev–Trinajstić information content (AvgIpc) is 3.55. The minimum absolute atomic E-state index is 0.0203. The van der Waals surface area contributed by atoms with Gasteiger partial charge in [0.1, 0.15) is 5.52 Å². The number of nitrogens with one attached hydrogen (secondary N) is 2. The second kappa shape index (κ2) is 12.5. The summed E-state index contributed by atoms with van der Waals surface area (Å²) in [7, 11) is 0. The highest BCUT2D eigenvalue weighted by Gasteiger charge is 2.50. The first-order valence-corrected chi connectivity index (χ1v) is 17.8. The van der Waals surface area contributed by atoms with Crippen LogP contribution in [0.15, 0.2) is 48.8 Å². The van der Waals surface area contributed by atoms with E-state index in [4.69, 9.17) is 21.6 Å². The first-order chi connectivity index (χ1) is 22.9. The lowest BCUT2D eigenvalue weighted by atomic mass is 9.82. The number of nitrogens with zero attached hydrogens (tertiary/aromatic N) is 5. The second-order valence-electron chi connectivity index (χ2n) is 14.8. The quantitative estimate of drug-likeness (QED) is 0.199. The van der Waals surface area contributed by atoms with Gasteiger partial charge < -0.3 is 25.0 Å². The molecule has 3 aliphatic rings. The number of pyridine rings is 1. The maximum atomic E-state index is 13.9. The zero-order valence-corrected chi connectivity index (χ0v) is 29.6. The molecule has 10 heteroatoms. The number of rotatable bonds is 8. The van der Waals surface area contributed by atoms with Gasteiger partial charge in [-0.2, -0.15) is 0 Å². The smallest absolute Gasteiger partial charge is 0.253 e. The Morgan fingerprint density at radius 3 is 2.44 bits per heavy atom. The van der Waals surface area contributed by atoms with Gasteiger partial charge in [-0.3, -0.25) is 9.59 Å². The molecule has 1 saturated carbocycles. The van der Waals surface area contributed by atoms with Crippen LogP contribution >= 0.6 is 11.6 Å². The minimum Gasteiger partial charge on any atom is -0.350 e. The predicted molar refractivity (Wildman–Crippen MR) is 193 cm³/mol. The Kier molecular flexibility index (Phi) is 8.48. The lowest BCUT2D eigenvalue weighted by molar-refractivity contribution is -0.123. The fourth-order valence-corrected chi connectivity index (χ4v) is 7.80. The maximum absolute atomic E-state index is 13.9. The second-order valence-corrected chi connectivity index (χ2v) is 15.2. The summed E-state index contributed by atoms with van der Waals surface area (Å²) in [5, 5.41) is 6.80. The van der Waals surface area contributed by atoms with Crippen molar-refractivity contribution in [2.24, 2.45) is 0 Å². The molecule has 7 rings (SSSR count). The number of likely N-dealkylation sites (tertiary alicyclic amines) is 1. The summed E-state index contributed by atoms with van der Waals surface area (Å²) in [5.74, 6) is 0.577. The number of hydrogen-bond donors (Lipinski definition) is 2. The minimum atomic E-state index is -0.585. The SMILES string of the molecule is CC(C)NC(=O)c1cc(Nc2nc(-c3ccc4c(c3)N(C3CC(N5CCCCC5)C3)C(=O)C4(C)C)cc3ncn(C(C)C)c23)ccc1Cl. The summed E-state index contributed by atoms with van der Waals surface area (Å²) in [6.45, 7) is 14.5. The molecule has 0 unspecified atom stereocenters. The molecule has 2 aliphatic heterocycles. The van der Waals surface area contributed by atoms with Crippen molar-refractivity contribution in [1.82, 2.24) is 24.8 Å². The van der Waals surface area contributed by atoms with Crippen molar-refractivity contribution in [3.63, 3.8) is 0 Å². The van der Waals surface area contributed by atoms with Crippen molar-refractivity contribution >= 4 is 51.6 Å². The molecule has 2 aromatic heterocycles. The van der Waals surface area contributed by atoms with Crippen molar-refractivity contribution in [3.05, 3.63) is 64.9 Å². The molecule has 1 aliphatic carbocycles. The number of aromatic nitrogens is 3. The van der Waals surface area contributed by atoms with E-state index < -0.39 is 5.41 Å². The van der Waals surface area contributed by atoms with Gasteiger partial charge in [0.25, 0.3) is 5.91 Å². The van der Waals surface area contributed by atoms with Gasteiger partial charge in [-0.1, -0.05) is 30.2 Å². The van der Waals surface area contributed by atoms with Crippen molar-refractivity contribution in [2.45, 2.75) is 103 Å². The van der Waals surface area contributed by atoms with Gasteiger partial charge in [-0.05, 0) is 116 Å². The van der Waals surface area contributed by atoms with Crippen LogP contribution in [-0.2, 0) is 10.2 Å². The van der Waals surface area contributed by atoms with Crippen LogP contribution in [0.4, 0.5) is 17.2 Å². The molecule has 2 amide bonds. The fourth-order valence-electron chi connectivity index (χ4n) is 7.60. The fraction of sp³-hybridized carbons (Fsp3) is 0.474. The van der Waals surface area contributed by atoms with Crippen molar-refractivity contribution in [3.8, 4) is 11.3 Å². The number of anilines is 3. The van der Waals surface area contributed by atoms with E-state index in [1.165, 1.54) is 32.4 Å². The Labute approximate surface area is 288 Å². The van der Waals surface area contributed by atoms with Gasteiger partial charge in [-0.25, -0.2) is 9.97 Å². The molecule has 48 heavy (non-hydrogen) atoms. The molecule has 0 atom stereocenters. The Morgan fingerprint density at radius 2 is 1.73 bits per heavy atom. The highest BCUT2D eigenvalue weighted by Crippen LogP contribution is 2.48. The standard InChI is InChI=1S/C38H46ClN7O2/c1-22(2)41-36(47)28-17-25(11-13-30(28)39)42-35-34-32(40-21-45(34)23(3)4)20-31(43-35)24-10-12-29-33(16-24)46(37(48)38(29,5)6)27-18-26(19-27)44-14-8-7-9-15-44/h10-13,16-17,20-23,26-27H,7-9,14-15,18-19H2,1-6H3,(H,41,47)(H,42,43). The summed E-state index contributed by atoms with van der Waals surface area (Å²) >= 11 is 6.45. The maximum Gasteiger partial charge on any atom is 0.253 e. The van der Waals surface area contributed by atoms with Gasteiger partial charge in [-0.15, -0.1) is 0 Å². The van der Waals surface area contributed by atoms with E-state index in [-0.39, 0.29) is 29.9 Å². The van der Waals surface area contributed by atoms with Crippen LogP contribution in [0, 0.1) is 0 Å². The predicted octanol–water partition coefficient (Wildman–Crippen LogP) is 7.86. The van der Waals surface area contributed by atoms with Crippen LogP contribution < -0.4 is 15.5 Å². The number of benzene rings is 2. The number of imidazole rings is 1. The third-order valence-electron chi connectivity index (χ3n) is 10.3. The summed E-state index contributed by atoms with van der Waals surface area (Å²) in [4.78, 5) is 41.5. The van der Waals surface area contributed by atoms with E-state index in [2.05, 4.69) is 57.0 Å². The molecule has 2 fully saturated rings. The number of piperidine rings is 1. The summed E-state index contributed by atoms with van der Waals surface area (Å²) in [5.41, 5.74) is 5.91. The van der Waals surface area contributed by atoms with Gasteiger partial charge >= 0.3 is 0 Å². The molecule has 4 heterocycles. The Bertz CT molecular complexity index is 1890. The first kappa shape index (κ1) is 32.6. The van der Waals surface area contributed by atoms with Gasteiger partial charge in [0.05, 0.1) is 33.5 Å². The summed E-state index contributed by atoms with van der Waals surface area (Å²) in [6, 6.07) is 14.6. The summed E-state index contributed by atoms with van der Waals surface area (Å²) < 4.78 is 2.09. The van der Waals surface area contributed by atoms with E-state index in [1.807, 2.05) is 46.2 Å². The molecule has 0 spiro atoms. The normalized spacial score (nSPS) is 20.8. The van der Waals surface area contributed by atoms with Crippen LogP contribution in [0.3, 0.4) is 0 Å². The Balaban J connectivity index is 1.25. The van der Waals surface area contributed by atoms with E-state index >= 15 is 0 Å². The van der Waals surface area contributed by atoms with E-state index in [1.54, 1.807) is 12.1 Å². The molecule has 2 N–H and O–H groups in total. The average molecular weight is 668 g/mol. The molecule has 1 saturated heterocycles.